The Morgan fingerprint density at radius 1 is 1.00 bits per heavy atom. The molecule has 0 spiro atoms. The SMILES string of the molecule is CC1=C(C)CC(c2ccc[se]2)(c2ccc[se]2)SC1. The quantitative estimate of drug-likeness (QED) is 0.562. The second kappa shape index (κ2) is 5.23. The van der Waals surface area contributed by atoms with E-state index < -0.39 is 0 Å². The molecule has 0 radical (unpaired) electrons. The summed E-state index contributed by atoms with van der Waals surface area (Å²) in [5.74, 6) is 1.20. The first-order valence-corrected chi connectivity index (χ1v) is 10.8. The average molecular weight is 386 g/mol. The Morgan fingerprint density at radius 3 is 2.06 bits per heavy atom. The summed E-state index contributed by atoms with van der Waals surface area (Å²) in [6.07, 6.45) is 1.23. The van der Waals surface area contributed by atoms with Gasteiger partial charge in [-0.2, -0.15) is 0 Å². The number of hydrogen-bond donors (Lipinski definition) is 0. The van der Waals surface area contributed by atoms with Crippen LogP contribution in [0.5, 0.6) is 0 Å². The summed E-state index contributed by atoms with van der Waals surface area (Å²) < 4.78 is 3.67. The van der Waals surface area contributed by atoms with Gasteiger partial charge in [0.1, 0.15) is 0 Å². The van der Waals surface area contributed by atoms with E-state index in [0.29, 0.717) is 33.8 Å². The third kappa shape index (κ3) is 2.17. The van der Waals surface area contributed by atoms with Gasteiger partial charge < -0.3 is 0 Å². The molecule has 0 saturated heterocycles. The van der Waals surface area contributed by atoms with Crippen LogP contribution in [0.4, 0.5) is 0 Å². The molecule has 0 N–H and O–H groups in total. The van der Waals surface area contributed by atoms with Crippen LogP contribution in [0.25, 0.3) is 0 Å². The topological polar surface area (TPSA) is 0 Å². The minimum absolute atomic E-state index is 0.302. The van der Waals surface area contributed by atoms with Crippen molar-refractivity contribution in [2.75, 3.05) is 5.75 Å². The second-order valence-electron chi connectivity index (χ2n) is 4.81. The zero-order valence-electron chi connectivity index (χ0n) is 10.6. The predicted octanol–water partition coefficient (Wildman–Crippen LogP) is 3.52. The molecule has 0 saturated carbocycles. The maximum absolute atomic E-state index is 2.39. The molecule has 0 amide bonds. The van der Waals surface area contributed by atoms with E-state index in [1.807, 2.05) is 0 Å². The van der Waals surface area contributed by atoms with E-state index in [1.54, 1.807) is 20.0 Å². The van der Waals surface area contributed by atoms with Gasteiger partial charge in [0, 0.05) is 0 Å². The Morgan fingerprint density at radius 2 is 1.61 bits per heavy atom. The third-order valence-corrected chi connectivity index (χ3v) is 10.2. The van der Waals surface area contributed by atoms with Gasteiger partial charge in [0.15, 0.2) is 0 Å². The van der Waals surface area contributed by atoms with Gasteiger partial charge >= 0.3 is 126 Å². The zero-order valence-corrected chi connectivity index (χ0v) is 14.8. The van der Waals surface area contributed by atoms with Crippen LogP contribution in [0.15, 0.2) is 45.3 Å². The fourth-order valence-corrected chi connectivity index (χ4v) is 8.90. The Hall–Kier alpha value is 0.0890. The van der Waals surface area contributed by atoms with Crippen LogP contribution < -0.4 is 0 Å². The van der Waals surface area contributed by atoms with Crippen LogP contribution in [0.1, 0.15) is 29.1 Å². The molecule has 0 aliphatic carbocycles. The molecule has 0 nitrogen and oxygen atoms in total. The third-order valence-electron chi connectivity index (χ3n) is 3.62. The molecule has 2 aromatic rings. The van der Waals surface area contributed by atoms with Crippen molar-refractivity contribution in [2.24, 2.45) is 0 Å². The molecule has 18 heavy (non-hydrogen) atoms. The van der Waals surface area contributed by atoms with Gasteiger partial charge in [0.2, 0.25) is 0 Å². The Labute approximate surface area is 125 Å². The molecule has 94 valence electrons. The number of allylic oxidation sites excluding steroid dienone is 1. The molecule has 1 aliphatic rings. The van der Waals surface area contributed by atoms with Gasteiger partial charge in [-0.05, 0) is 0 Å². The first kappa shape index (κ1) is 13.1. The fraction of sp³-hybridized carbons (Fsp3) is 0.333. The molecule has 0 aromatic carbocycles. The van der Waals surface area contributed by atoms with Crippen molar-refractivity contribution in [3.05, 3.63) is 54.2 Å². The summed E-state index contributed by atoms with van der Waals surface area (Å²) in [6.45, 7) is 4.63. The molecule has 1 aliphatic heterocycles. The van der Waals surface area contributed by atoms with E-state index in [2.05, 4.69) is 59.8 Å². The van der Waals surface area contributed by atoms with E-state index in [9.17, 15) is 0 Å². The van der Waals surface area contributed by atoms with Crippen LogP contribution in [0, 0.1) is 0 Å². The van der Waals surface area contributed by atoms with Gasteiger partial charge in [0.05, 0.1) is 0 Å². The van der Waals surface area contributed by atoms with E-state index in [-0.39, 0.29) is 0 Å². The predicted molar refractivity (Wildman–Crippen MR) is 83.0 cm³/mol. The van der Waals surface area contributed by atoms with Crippen LogP contribution in [0.3, 0.4) is 0 Å². The van der Waals surface area contributed by atoms with Crippen molar-refractivity contribution in [1.29, 1.82) is 0 Å². The monoisotopic (exact) mass is 388 g/mol. The Kier molecular flexibility index (Phi) is 3.80. The normalized spacial score (nSPS) is 19.2. The van der Waals surface area contributed by atoms with E-state index in [0.717, 1.165) is 0 Å². The number of rotatable bonds is 2. The van der Waals surface area contributed by atoms with Gasteiger partial charge in [0.25, 0.3) is 0 Å². The van der Waals surface area contributed by atoms with Crippen molar-refractivity contribution in [3.8, 4) is 0 Å². The van der Waals surface area contributed by atoms with Crippen molar-refractivity contribution in [2.45, 2.75) is 25.0 Å². The Balaban J connectivity index is 2.12. The molecular weight excluding hydrogens is 370 g/mol. The molecular formula is C15H16SSe2. The van der Waals surface area contributed by atoms with Crippen molar-refractivity contribution in [3.63, 3.8) is 0 Å². The molecule has 2 aromatic heterocycles. The summed E-state index contributed by atoms with van der Waals surface area (Å²) in [4.78, 5) is 4.72. The van der Waals surface area contributed by atoms with Crippen LogP contribution in [-0.2, 0) is 4.75 Å². The van der Waals surface area contributed by atoms with Gasteiger partial charge in [-0.15, -0.1) is 0 Å². The standard InChI is InChI=1S/C15H16SSe2/c1-11-9-15(16-10-12(11)2,13-5-3-7-17-13)14-6-4-8-18-14/h3-8H,9-10H2,1-2H3. The van der Waals surface area contributed by atoms with E-state index >= 15 is 0 Å². The molecule has 0 fully saturated rings. The van der Waals surface area contributed by atoms with Crippen molar-refractivity contribution < 1.29 is 0 Å². The van der Waals surface area contributed by atoms with Crippen LogP contribution >= 0.6 is 11.8 Å². The fourth-order valence-electron chi connectivity index (χ4n) is 2.38. The molecule has 3 heterocycles. The summed E-state index contributed by atoms with van der Waals surface area (Å²) in [5, 5.41) is 0. The zero-order chi connectivity index (χ0) is 12.6. The second-order valence-corrected chi connectivity index (χ2v) is 10.1. The first-order chi connectivity index (χ1) is 8.72. The molecule has 0 bridgehead atoms. The summed E-state index contributed by atoms with van der Waals surface area (Å²) in [6, 6.07) is 9.29. The summed E-state index contributed by atoms with van der Waals surface area (Å²) in [5.41, 5.74) is 3.20. The van der Waals surface area contributed by atoms with Gasteiger partial charge in [-0.3, -0.25) is 0 Å². The summed E-state index contributed by atoms with van der Waals surface area (Å²) >= 11 is 3.31. The Bertz CT molecular complexity index is 515. The molecule has 0 atom stereocenters. The van der Waals surface area contributed by atoms with Crippen LogP contribution in [-0.4, -0.2) is 34.8 Å². The first-order valence-electron chi connectivity index (χ1n) is 6.09. The van der Waals surface area contributed by atoms with Crippen molar-refractivity contribution in [1.82, 2.24) is 0 Å². The van der Waals surface area contributed by atoms with Crippen molar-refractivity contribution >= 4 is 40.8 Å². The molecule has 3 rings (SSSR count). The van der Waals surface area contributed by atoms with Gasteiger partial charge in [-0.1, -0.05) is 0 Å². The number of thioether (sulfide) groups is 1. The molecule has 3 heteroatoms. The average Bonchev–Trinajstić information content (AvgIpc) is 3.04. The summed E-state index contributed by atoms with van der Waals surface area (Å²) in [7, 11) is 0. The van der Waals surface area contributed by atoms with Crippen LogP contribution in [0.2, 0.25) is 0 Å². The van der Waals surface area contributed by atoms with E-state index in [4.69, 9.17) is 0 Å². The van der Waals surface area contributed by atoms with Gasteiger partial charge in [-0.25, -0.2) is 0 Å². The maximum atomic E-state index is 2.39. The van der Waals surface area contributed by atoms with E-state index in [1.165, 1.54) is 12.2 Å². The number of hydrogen-bond acceptors (Lipinski definition) is 1. The molecule has 0 unspecified atom stereocenters. The minimum atomic E-state index is 0.302.